The molecule has 2 saturated carbocycles. The van der Waals surface area contributed by atoms with Gasteiger partial charge in [0.25, 0.3) is 0 Å². The molecule has 4 heteroatoms. The van der Waals surface area contributed by atoms with Crippen LogP contribution in [0.15, 0.2) is 0 Å². The number of hydrogen-bond acceptors (Lipinski definition) is 1. The van der Waals surface area contributed by atoms with E-state index >= 15 is 0 Å². The molecule has 2 rings (SSSR count). The second kappa shape index (κ2) is 10.9. The molecule has 0 amide bonds. The Kier molecular flexibility index (Phi) is 13.4. The molecule has 4 atom stereocenters. The summed E-state index contributed by atoms with van der Waals surface area (Å²) in [6.07, 6.45) is 7.25. The van der Waals surface area contributed by atoms with Gasteiger partial charge >= 0.3 is 21.7 Å². The zero-order valence-corrected chi connectivity index (χ0v) is 20.8. The first kappa shape index (κ1) is 29.6. The monoisotopic (exact) mass is 388 g/mol. The summed E-state index contributed by atoms with van der Waals surface area (Å²) in [5.74, 6) is 1.91. The topological polar surface area (TPSA) is 17.3 Å². The van der Waals surface area contributed by atoms with Gasteiger partial charge in [0.05, 0.1) is 0 Å². The van der Waals surface area contributed by atoms with E-state index in [1.807, 2.05) is 0 Å². The molecule has 0 spiro atoms. The molecule has 4 unspecified atom stereocenters. The first-order chi connectivity index (χ1) is 9.12. The SMILES string of the molecule is CN(C)C1CC([Si](C)(C)[N-]C(C)(C)C)C2CCCCC21.[CH3-].[CH3-].[CH3-].[Ti+4]. The predicted octanol–water partition coefficient (Wildman–Crippen LogP) is 6.22. The van der Waals surface area contributed by atoms with Gasteiger partial charge in [0.15, 0.2) is 0 Å². The van der Waals surface area contributed by atoms with Gasteiger partial charge in [-0.1, -0.05) is 66.9 Å². The molecule has 0 heterocycles. The molecule has 142 valence electrons. The molecule has 0 bridgehead atoms. The van der Waals surface area contributed by atoms with Crippen LogP contribution in [0.25, 0.3) is 4.98 Å². The van der Waals surface area contributed by atoms with Gasteiger partial charge in [-0.15, -0.1) is 5.54 Å². The largest absolute Gasteiger partial charge is 4.00 e. The van der Waals surface area contributed by atoms with Crippen molar-refractivity contribution in [1.29, 1.82) is 0 Å². The van der Waals surface area contributed by atoms with Crippen molar-refractivity contribution in [2.45, 2.75) is 83.1 Å². The van der Waals surface area contributed by atoms with Crippen LogP contribution in [0.1, 0.15) is 52.9 Å². The Hall–Kier alpha value is 0.851. The van der Waals surface area contributed by atoms with E-state index in [0.29, 0.717) is 0 Å². The molecule has 0 aromatic carbocycles. The van der Waals surface area contributed by atoms with Gasteiger partial charge < -0.3 is 32.2 Å². The van der Waals surface area contributed by atoms with Crippen molar-refractivity contribution in [1.82, 2.24) is 4.90 Å². The van der Waals surface area contributed by atoms with Gasteiger partial charge in [-0.2, -0.15) is 0 Å². The Morgan fingerprint density at radius 3 is 1.79 bits per heavy atom. The fourth-order valence-corrected chi connectivity index (χ4v) is 9.30. The van der Waals surface area contributed by atoms with Crippen molar-refractivity contribution >= 4 is 8.24 Å². The summed E-state index contributed by atoms with van der Waals surface area (Å²) in [4.78, 5) is 7.83. The maximum atomic E-state index is 5.33. The van der Waals surface area contributed by atoms with Crippen LogP contribution in [0.4, 0.5) is 0 Å². The number of fused-ring (bicyclic) bond motifs is 1. The summed E-state index contributed by atoms with van der Waals surface area (Å²) in [7, 11) is 3.07. The maximum absolute atomic E-state index is 5.33. The first-order valence-corrected chi connectivity index (χ1v) is 11.5. The molecular weight excluding hydrogens is 344 g/mol. The normalized spacial score (nSPS) is 29.5. The molecule has 0 aromatic heterocycles. The molecule has 24 heavy (non-hydrogen) atoms. The van der Waals surface area contributed by atoms with E-state index in [1.165, 1.54) is 32.1 Å². The van der Waals surface area contributed by atoms with Gasteiger partial charge in [0.1, 0.15) is 0 Å². The number of nitrogens with zero attached hydrogens (tertiary/aromatic N) is 2. The van der Waals surface area contributed by atoms with Crippen LogP contribution in [-0.2, 0) is 21.7 Å². The van der Waals surface area contributed by atoms with E-state index in [4.69, 9.17) is 4.98 Å². The molecule has 0 aliphatic heterocycles. The molecule has 2 nitrogen and oxygen atoms in total. The molecule has 0 aromatic rings. The van der Waals surface area contributed by atoms with Crippen LogP contribution in [0, 0.1) is 34.1 Å². The van der Waals surface area contributed by atoms with Crippen molar-refractivity contribution in [3.63, 3.8) is 0 Å². The van der Waals surface area contributed by atoms with Crippen LogP contribution < -0.4 is 0 Å². The van der Waals surface area contributed by atoms with Crippen molar-refractivity contribution in [3.8, 4) is 0 Å². The number of hydrogen-bond donors (Lipinski definition) is 0. The summed E-state index contributed by atoms with van der Waals surface area (Å²) < 4.78 is 0. The van der Waals surface area contributed by atoms with E-state index < -0.39 is 8.24 Å². The van der Waals surface area contributed by atoms with Crippen molar-refractivity contribution in [2.75, 3.05) is 14.1 Å². The Bertz CT molecular complexity index is 339. The van der Waals surface area contributed by atoms with Crippen molar-refractivity contribution in [2.24, 2.45) is 11.8 Å². The second-order valence-electron chi connectivity index (χ2n) is 8.92. The van der Waals surface area contributed by atoms with Gasteiger partial charge in [0, 0.05) is 6.04 Å². The minimum Gasteiger partial charge on any atom is -0.660 e. The maximum Gasteiger partial charge on any atom is 4.00 e. The van der Waals surface area contributed by atoms with E-state index in [0.717, 1.165) is 23.4 Å². The van der Waals surface area contributed by atoms with Crippen LogP contribution in [0.5, 0.6) is 0 Å². The summed E-state index contributed by atoms with van der Waals surface area (Å²) in [5, 5.41) is 0. The van der Waals surface area contributed by atoms with Gasteiger partial charge in [-0.05, 0) is 38.8 Å². The van der Waals surface area contributed by atoms with Crippen LogP contribution in [0.3, 0.4) is 0 Å². The smallest absolute Gasteiger partial charge is 0.660 e. The zero-order chi connectivity index (χ0) is 15.1. The Morgan fingerprint density at radius 1 is 0.917 bits per heavy atom. The Balaban J connectivity index is -0.00000110. The van der Waals surface area contributed by atoms with Crippen LogP contribution in [-0.4, -0.2) is 38.8 Å². The van der Waals surface area contributed by atoms with E-state index in [-0.39, 0.29) is 49.5 Å². The molecule has 2 aliphatic rings. The second-order valence-corrected chi connectivity index (χ2v) is 13.2. The Labute approximate surface area is 170 Å². The molecular formula is C20H44N2SiTi. The summed E-state index contributed by atoms with van der Waals surface area (Å²) in [6, 6.07) is 0.812. The van der Waals surface area contributed by atoms with E-state index in [2.05, 4.69) is 52.9 Å². The third kappa shape index (κ3) is 6.87. The average molecular weight is 389 g/mol. The van der Waals surface area contributed by atoms with Crippen molar-refractivity contribution < 1.29 is 21.7 Å². The standard InChI is InChI=1S/C17H35N2Si.3CH3.Ti/c1-17(2,3)18-20(6,7)16-12-15(19(4)5)13-10-8-9-11-14(13)16;;;;/h13-16H,8-12H2,1-7H3;3*1H3;/q4*-1;+4. The van der Waals surface area contributed by atoms with Crippen LogP contribution in [0.2, 0.25) is 18.6 Å². The van der Waals surface area contributed by atoms with Gasteiger partial charge in [0.2, 0.25) is 0 Å². The fraction of sp³-hybridized carbons (Fsp3) is 0.850. The van der Waals surface area contributed by atoms with E-state index in [1.54, 1.807) is 0 Å². The molecule has 2 fully saturated rings. The zero-order valence-electron chi connectivity index (χ0n) is 18.2. The molecule has 2 aliphatic carbocycles. The predicted molar refractivity (Wildman–Crippen MR) is 111 cm³/mol. The molecule has 0 N–H and O–H groups in total. The molecule has 0 radical (unpaired) electrons. The third-order valence-electron chi connectivity index (χ3n) is 5.58. The van der Waals surface area contributed by atoms with Crippen LogP contribution >= 0.6 is 0 Å². The van der Waals surface area contributed by atoms with Gasteiger partial charge in [-0.25, -0.2) is 0 Å². The quantitative estimate of drug-likeness (QED) is 0.414. The average Bonchev–Trinajstić information content (AvgIpc) is 2.65. The summed E-state index contributed by atoms with van der Waals surface area (Å²) in [5.41, 5.74) is 1.04. The minimum atomic E-state index is -1.50. The Morgan fingerprint density at radius 2 is 1.38 bits per heavy atom. The van der Waals surface area contributed by atoms with E-state index in [9.17, 15) is 0 Å². The first-order valence-electron chi connectivity index (χ1n) is 8.52. The van der Waals surface area contributed by atoms with Crippen molar-refractivity contribution in [3.05, 3.63) is 27.3 Å². The summed E-state index contributed by atoms with van der Waals surface area (Å²) in [6.45, 7) is 11.9. The summed E-state index contributed by atoms with van der Waals surface area (Å²) >= 11 is 0. The molecule has 0 saturated heterocycles. The van der Waals surface area contributed by atoms with Gasteiger partial charge in [-0.3, -0.25) is 0 Å². The fourth-order valence-electron chi connectivity index (χ4n) is 5.13. The minimum absolute atomic E-state index is 0. The number of rotatable bonds is 3. The third-order valence-corrected chi connectivity index (χ3v) is 9.30.